The van der Waals surface area contributed by atoms with Crippen molar-refractivity contribution in [3.63, 3.8) is 0 Å². The standard InChI is InChI=1S/C12H18/c1-11-6-3-7-12(11,2)10-5-4-9(11)8-10/h3,6,9-10H,4-5,7-8H2,1-2H3/t9-,10+,11+,12-/m0/s1. The molecule has 0 unspecified atom stereocenters. The number of hydrogen-bond acceptors (Lipinski definition) is 0. The molecule has 66 valence electrons. The van der Waals surface area contributed by atoms with Crippen molar-refractivity contribution in [2.75, 3.05) is 0 Å². The Morgan fingerprint density at radius 1 is 1.17 bits per heavy atom. The smallest absolute Gasteiger partial charge is 0.00588 e. The van der Waals surface area contributed by atoms with Crippen LogP contribution in [0.2, 0.25) is 0 Å². The lowest BCUT2D eigenvalue weighted by Gasteiger charge is -2.44. The number of fused-ring (bicyclic) bond motifs is 5. The lowest BCUT2D eigenvalue weighted by atomic mass is 9.60. The largest absolute Gasteiger partial charge is 0.0874 e. The van der Waals surface area contributed by atoms with Gasteiger partial charge in [0, 0.05) is 0 Å². The molecule has 0 saturated heterocycles. The summed E-state index contributed by atoms with van der Waals surface area (Å²) in [6.45, 7) is 5.02. The molecule has 0 heteroatoms. The summed E-state index contributed by atoms with van der Waals surface area (Å²) in [6, 6.07) is 0. The minimum atomic E-state index is 0.579. The normalized spacial score (nSPS) is 61.2. The predicted molar refractivity (Wildman–Crippen MR) is 50.8 cm³/mol. The maximum Gasteiger partial charge on any atom is -0.00588 e. The summed E-state index contributed by atoms with van der Waals surface area (Å²) in [5, 5.41) is 0. The quantitative estimate of drug-likeness (QED) is 0.479. The summed E-state index contributed by atoms with van der Waals surface area (Å²) in [6.07, 6.45) is 10.9. The molecule has 3 aliphatic rings. The molecule has 4 atom stereocenters. The summed E-state index contributed by atoms with van der Waals surface area (Å²) in [5.41, 5.74) is 1.23. The average molecular weight is 162 g/mol. The van der Waals surface area contributed by atoms with E-state index in [0.717, 1.165) is 11.8 Å². The van der Waals surface area contributed by atoms with Gasteiger partial charge >= 0.3 is 0 Å². The lowest BCUT2D eigenvalue weighted by Crippen LogP contribution is -2.38. The summed E-state index contributed by atoms with van der Waals surface area (Å²) in [7, 11) is 0. The fourth-order valence-corrected chi connectivity index (χ4v) is 4.27. The first-order chi connectivity index (χ1) is 5.67. The van der Waals surface area contributed by atoms with Crippen molar-refractivity contribution >= 4 is 0 Å². The molecule has 0 amide bonds. The van der Waals surface area contributed by atoms with Gasteiger partial charge in [-0.05, 0) is 48.3 Å². The lowest BCUT2D eigenvalue weighted by molar-refractivity contribution is 0.0657. The number of allylic oxidation sites excluding steroid dienone is 2. The van der Waals surface area contributed by atoms with Crippen molar-refractivity contribution in [3.8, 4) is 0 Å². The Labute approximate surface area is 75.0 Å². The first kappa shape index (κ1) is 7.17. The third kappa shape index (κ3) is 0.522. The second-order valence-electron chi connectivity index (χ2n) is 5.51. The monoisotopic (exact) mass is 162 g/mol. The van der Waals surface area contributed by atoms with E-state index in [0.29, 0.717) is 10.8 Å². The van der Waals surface area contributed by atoms with Crippen LogP contribution in [0.5, 0.6) is 0 Å². The molecular weight excluding hydrogens is 144 g/mol. The van der Waals surface area contributed by atoms with Crippen molar-refractivity contribution in [1.82, 2.24) is 0 Å². The van der Waals surface area contributed by atoms with Crippen LogP contribution in [0.15, 0.2) is 12.2 Å². The second kappa shape index (κ2) is 1.81. The minimum Gasteiger partial charge on any atom is -0.0874 e. The van der Waals surface area contributed by atoms with Gasteiger partial charge < -0.3 is 0 Å². The molecule has 12 heavy (non-hydrogen) atoms. The van der Waals surface area contributed by atoms with Crippen LogP contribution in [0.3, 0.4) is 0 Å². The van der Waals surface area contributed by atoms with Crippen LogP contribution in [0.25, 0.3) is 0 Å². The Hall–Kier alpha value is -0.260. The fourth-order valence-electron chi connectivity index (χ4n) is 4.27. The van der Waals surface area contributed by atoms with Gasteiger partial charge in [-0.1, -0.05) is 26.0 Å². The van der Waals surface area contributed by atoms with Crippen LogP contribution in [0, 0.1) is 22.7 Å². The van der Waals surface area contributed by atoms with Crippen LogP contribution in [-0.2, 0) is 0 Å². The number of hydrogen-bond donors (Lipinski definition) is 0. The molecule has 2 saturated carbocycles. The van der Waals surface area contributed by atoms with Gasteiger partial charge in [0.2, 0.25) is 0 Å². The van der Waals surface area contributed by atoms with E-state index in [1.54, 1.807) is 0 Å². The molecule has 2 fully saturated rings. The first-order valence-electron chi connectivity index (χ1n) is 5.34. The molecule has 0 aromatic carbocycles. The molecule has 0 spiro atoms. The average Bonchev–Trinajstić information content (AvgIpc) is 2.61. The zero-order chi connectivity index (χ0) is 8.40. The Balaban J connectivity index is 2.12. The Morgan fingerprint density at radius 3 is 2.67 bits per heavy atom. The summed E-state index contributed by atoms with van der Waals surface area (Å²) < 4.78 is 0. The van der Waals surface area contributed by atoms with Gasteiger partial charge in [-0.2, -0.15) is 0 Å². The molecule has 0 aliphatic heterocycles. The Bertz CT molecular complexity index is 253. The predicted octanol–water partition coefficient (Wildman–Crippen LogP) is 3.39. The van der Waals surface area contributed by atoms with Crippen molar-refractivity contribution in [1.29, 1.82) is 0 Å². The van der Waals surface area contributed by atoms with E-state index in [9.17, 15) is 0 Å². The van der Waals surface area contributed by atoms with E-state index in [-0.39, 0.29) is 0 Å². The molecule has 0 aromatic heterocycles. The highest BCUT2D eigenvalue weighted by molar-refractivity contribution is 5.24. The maximum atomic E-state index is 2.52. The van der Waals surface area contributed by atoms with E-state index in [4.69, 9.17) is 0 Å². The maximum absolute atomic E-state index is 2.52. The highest BCUT2D eigenvalue weighted by Gasteiger charge is 2.62. The fraction of sp³-hybridized carbons (Fsp3) is 0.833. The second-order valence-corrected chi connectivity index (χ2v) is 5.51. The summed E-state index contributed by atoms with van der Waals surface area (Å²) in [5.74, 6) is 2.06. The van der Waals surface area contributed by atoms with E-state index >= 15 is 0 Å². The van der Waals surface area contributed by atoms with E-state index < -0.39 is 0 Å². The molecular formula is C12H18. The third-order valence-corrected chi connectivity index (χ3v) is 5.42. The van der Waals surface area contributed by atoms with Crippen LogP contribution in [0.4, 0.5) is 0 Å². The number of rotatable bonds is 0. The molecule has 0 N–H and O–H groups in total. The van der Waals surface area contributed by atoms with E-state index in [2.05, 4.69) is 26.0 Å². The van der Waals surface area contributed by atoms with Gasteiger partial charge in [-0.3, -0.25) is 0 Å². The van der Waals surface area contributed by atoms with E-state index in [1.165, 1.54) is 25.7 Å². The van der Waals surface area contributed by atoms with Gasteiger partial charge in [-0.25, -0.2) is 0 Å². The first-order valence-corrected chi connectivity index (χ1v) is 5.34. The molecule has 3 rings (SSSR count). The van der Waals surface area contributed by atoms with Crippen molar-refractivity contribution in [2.45, 2.75) is 39.5 Å². The highest BCUT2D eigenvalue weighted by atomic mass is 14.7. The third-order valence-electron chi connectivity index (χ3n) is 5.42. The van der Waals surface area contributed by atoms with Gasteiger partial charge in [0.25, 0.3) is 0 Å². The Kier molecular flexibility index (Phi) is 1.08. The molecule has 0 radical (unpaired) electrons. The van der Waals surface area contributed by atoms with Gasteiger partial charge in [0.05, 0.1) is 0 Å². The summed E-state index contributed by atoms with van der Waals surface area (Å²) >= 11 is 0. The van der Waals surface area contributed by atoms with Crippen molar-refractivity contribution < 1.29 is 0 Å². The molecule has 0 nitrogen and oxygen atoms in total. The molecule has 0 heterocycles. The van der Waals surface area contributed by atoms with Crippen LogP contribution in [0.1, 0.15) is 39.5 Å². The van der Waals surface area contributed by atoms with Crippen molar-refractivity contribution in [2.24, 2.45) is 22.7 Å². The SMILES string of the molecule is C[C@@]12CC=C[C@]1(C)[C@H]1CC[C@@H]2C1. The molecule has 3 aliphatic carbocycles. The molecule has 2 bridgehead atoms. The van der Waals surface area contributed by atoms with E-state index in [1.807, 2.05) is 0 Å². The van der Waals surface area contributed by atoms with Crippen LogP contribution in [-0.4, -0.2) is 0 Å². The van der Waals surface area contributed by atoms with Gasteiger partial charge in [0.1, 0.15) is 0 Å². The Morgan fingerprint density at radius 2 is 1.92 bits per heavy atom. The van der Waals surface area contributed by atoms with Crippen LogP contribution < -0.4 is 0 Å². The van der Waals surface area contributed by atoms with Crippen LogP contribution >= 0.6 is 0 Å². The zero-order valence-electron chi connectivity index (χ0n) is 8.14. The highest BCUT2D eigenvalue weighted by Crippen LogP contribution is 2.70. The van der Waals surface area contributed by atoms with Gasteiger partial charge in [-0.15, -0.1) is 0 Å². The minimum absolute atomic E-state index is 0.579. The van der Waals surface area contributed by atoms with Crippen molar-refractivity contribution in [3.05, 3.63) is 12.2 Å². The zero-order valence-corrected chi connectivity index (χ0v) is 8.14. The topological polar surface area (TPSA) is 0 Å². The van der Waals surface area contributed by atoms with Gasteiger partial charge in [0.15, 0.2) is 0 Å². The summed E-state index contributed by atoms with van der Waals surface area (Å²) in [4.78, 5) is 0. The molecule has 0 aromatic rings.